The Morgan fingerprint density at radius 3 is 2.37 bits per heavy atom. The lowest BCUT2D eigenvalue weighted by Crippen LogP contribution is -2.45. The predicted molar refractivity (Wildman–Crippen MR) is 83.5 cm³/mol. The summed E-state index contributed by atoms with van der Waals surface area (Å²) in [5, 5.41) is 3.75. The number of ether oxygens (including phenoxy) is 1. The highest BCUT2D eigenvalue weighted by Crippen LogP contribution is 2.20. The largest absolute Gasteiger partial charge is 0.375 e. The molecule has 1 saturated heterocycles. The second-order valence-corrected chi connectivity index (χ2v) is 6.74. The molecular weight excluding hydrogens is 302 g/mol. The van der Waals surface area contributed by atoms with Gasteiger partial charge in [-0.3, -0.25) is 0 Å². The van der Waals surface area contributed by atoms with Crippen LogP contribution in [0, 0.1) is 0 Å². The van der Waals surface area contributed by atoms with Crippen LogP contribution < -0.4 is 5.32 Å². The van der Waals surface area contributed by atoms with Gasteiger partial charge >= 0.3 is 0 Å². The third-order valence-corrected chi connectivity index (χ3v) is 4.20. The van der Waals surface area contributed by atoms with Gasteiger partial charge in [0.15, 0.2) is 0 Å². The Morgan fingerprint density at radius 1 is 1.21 bits per heavy atom. The van der Waals surface area contributed by atoms with Gasteiger partial charge in [-0.25, -0.2) is 0 Å². The van der Waals surface area contributed by atoms with Crippen molar-refractivity contribution in [3.8, 4) is 0 Å². The zero-order valence-corrected chi connectivity index (χ0v) is 13.6. The quantitative estimate of drug-likeness (QED) is 0.905. The molecule has 1 aromatic carbocycles. The van der Waals surface area contributed by atoms with Crippen molar-refractivity contribution in [1.82, 2.24) is 5.32 Å². The molecule has 1 aliphatic rings. The summed E-state index contributed by atoms with van der Waals surface area (Å²) in [5.74, 6) is 0. The lowest BCUT2D eigenvalue weighted by Gasteiger charge is -2.34. The maximum absolute atomic E-state index is 5.78. The molecular formula is C16H24BrNO. The zero-order valence-electron chi connectivity index (χ0n) is 12.0. The monoisotopic (exact) mass is 325 g/mol. The van der Waals surface area contributed by atoms with Crippen molar-refractivity contribution >= 4 is 15.9 Å². The number of benzene rings is 1. The molecule has 0 saturated carbocycles. The van der Waals surface area contributed by atoms with Gasteiger partial charge in [-0.05, 0) is 57.7 Å². The van der Waals surface area contributed by atoms with E-state index in [9.17, 15) is 0 Å². The van der Waals surface area contributed by atoms with Crippen LogP contribution in [-0.4, -0.2) is 24.3 Å². The Kier molecular flexibility index (Phi) is 5.43. The standard InChI is InChI=1S/C16H24BrNO/c1-11(8-14-4-6-15(17)7-5-14)18-16-9-12(2)19-13(3)10-16/h4-7,11-13,16,18H,8-10H2,1-3H3. The second-order valence-electron chi connectivity index (χ2n) is 5.82. The van der Waals surface area contributed by atoms with Crippen LogP contribution in [0.4, 0.5) is 0 Å². The smallest absolute Gasteiger partial charge is 0.0565 e. The van der Waals surface area contributed by atoms with Crippen molar-refractivity contribution in [2.45, 2.75) is 64.3 Å². The van der Waals surface area contributed by atoms with E-state index >= 15 is 0 Å². The van der Waals surface area contributed by atoms with E-state index in [2.05, 4.69) is 66.3 Å². The van der Waals surface area contributed by atoms with E-state index in [4.69, 9.17) is 4.74 Å². The number of hydrogen-bond donors (Lipinski definition) is 1. The zero-order chi connectivity index (χ0) is 13.8. The summed E-state index contributed by atoms with van der Waals surface area (Å²) in [6.45, 7) is 6.61. The van der Waals surface area contributed by atoms with Crippen molar-refractivity contribution < 1.29 is 4.74 Å². The molecule has 0 spiro atoms. The third kappa shape index (κ3) is 4.90. The van der Waals surface area contributed by atoms with Crippen LogP contribution in [0.3, 0.4) is 0 Å². The van der Waals surface area contributed by atoms with Crippen LogP contribution in [0.15, 0.2) is 28.7 Å². The van der Waals surface area contributed by atoms with Gasteiger partial charge in [-0.2, -0.15) is 0 Å². The van der Waals surface area contributed by atoms with Crippen LogP contribution in [-0.2, 0) is 11.2 Å². The summed E-state index contributed by atoms with van der Waals surface area (Å²) in [4.78, 5) is 0. The summed E-state index contributed by atoms with van der Waals surface area (Å²) in [6.07, 6.45) is 4.07. The summed E-state index contributed by atoms with van der Waals surface area (Å²) in [7, 11) is 0. The molecule has 3 atom stereocenters. The van der Waals surface area contributed by atoms with Gasteiger partial charge in [0.2, 0.25) is 0 Å². The SMILES string of the molecule is CC(Cc1ccc(Br)cc1)NC1CC(C)OC(C)C1. The van der Waals surface area contributed by atoms with E-state index in [1.807, 2.05) is 0 Å². The first-order valence-corrected chi connectivity index (χ1v) is 7.98. The summed E-state index contributed by atoms with van der Waals surface area (Å²) in [5.41, 5.74) is 1.39. The Morgan fingerprint density at radius 2 is 1.79 bits per heavy atom. The van der Waals surface area contributed by atoms with Crippen LogP contribution in [0.2, 0.25) is 0 Å². The molecule has 1 heterocycles. The first kappa shape index (κ1) is 15.0. The molecule has 0 amide bonds. The maximum atomic E-state index is 5.78. The number of nitrogens with one attached hydrogen (secondary N) is 1. The Labute approximate surface area is 125 Å². The van der Waals surface area contributed by atoms with Crippen molar-refractivity contribution in [3.05, 3.63) is 34.3 Å². The Balaban J connectivity index is 1.83. The third-order valence-electron chi connectivity index (χ3n) is 3.67. The fraction of sp³-hybridized carbons (Fsp3) is 0.625. The van der Waals surface area contributed by atoms with E-state index in [1.165, 1.54) is 5.56 Å². The number of halogens is 1. The highest BCUT2D eigenvalue weighted by Gasteiger charge is 2.25. The van der Waals surface area contributed by atoms with Gasteiger partial charge in [-0.15, -0.1) is 0 Å². The van der Waals surface area contributed by atoms with Gasteiger partial charge in [-0.1, -0.05) is 28.1 Å². The second kappa shape index (κ2) is 6.87. The van der Waals surface area contributed by atoms with Gasteiger partial charge in [0.1, 0.15) is 0 Å². The predicted octanol–water partition coefficient (Wildman–Crippen LogP) is 3.93. The van der Waals surface area contributed by atoms with Crippen molar-refractivity contribution in [1.29, 1.82) is 0 Å². The number of rotatable bonds is 4. The minimum absolute atomic E-state index is 0.376. The number of hydrogen-bond acceptors (Lipinski definition) is 2. The molecule has 2 nitrogen and oxygen atoms in total. The van der Waals surface area contributed by atoms with E-state index in [-0.39, 0.29) is 0 Å². The first-order valence-electron chi connectivity index (χ1n) is 7.19. The average Bonchev–Trinajstić information content (AvgIpc) is 2.30. The average molecular weight is 326 g/mol. The summed E-state index contributed by atoms with van der Waals surface area (Å²) >= 11 is 3.47. The lowest BCUT2D eigenvalue weighted by atomic mass is 9.98. The molecule has 0 aliphatic carbocycles. The van der Waals surface area contributed by atoms with Crippen LogP contribution >= 0.6 is 15.9 Å². The van der Waals surface area contributed by atoms with E-state index in [0.29, 0.717) is 24.3 Å². The highest BCUT2D eigenvalue weighted by atomic mass is 79.9. The fourth-order valence-electron chi connectivity index (χ4n) is 2.98. The molecule has 3 unspecified atom stereocenters. The van der Waals surface area contributed by atoms with Gasteiger partial charge in [0.25, 0.3) is 0 Å². The minimum Gasteiger partial charge on any atom is -0.375 e. The Bertz CT molecular complexity index is 382. The Hall–Kier alpha value is -0.380. The molecule has 0 aromatic heterocycles. The minimum atomic E-state index is 0.376. The van der Waals surface area contributed by atoms with Crippen molar-refractivity contribution in [3.63, 3.8) is 0 Å². The molecule has 1 N–H and O–H groups in total. The maximum Gasteiger partial charge on any atom is 0.0565 e. The molecule has 0 radical (unpaired) electrons. The molecule has 19 heavy (non-hydrogen) atoms. The van der Waals surface area contributed by atoms with E-state index in [1.54, 1.807) is 0 Å². The molecule has 106 valence electrons. The van der Waals surface area contributed by atoms with Gasteiger partial charge in [0.05, 0.1) is 12.2 Å². The van der Waals surface area contributed by atoms with E-state index < -0.39 is 0 Å². The summed E-state index contributed by atoms with van der Waals surface area (Å²) < 4.78 is 6.93. The molecule has 2 rings (SSSR count). The fourth-order valence-corrected chi connectivity index (χ4v) is 3.24. The van der Waals surface area contributed by atoms with Crippen LogP contribution in [0.25, 0.3) is 0 Å². The first-order chi connectivity index (χ1) is 9.02. The molecule has 1 aliphatic heterocycles. The van der Waals surface area contributed by atoms with Crippen molar-refractivity contribution in [2.75, 3.05) is 0 Å². The highest BCUT2D eigenvalue weighted by molar-refractivity contribution is 9.10. The van der Waals surface area contributed by atoms with Gasteiger partial charge < -0.3 is 10.1 Å². The molecule has 0 bridgehead atoms. The molecule has 1 aromatic rings. The van der Waals surface area contributed by atoms with E-state index in [0.717, 1.165) is 23.7 Å². The molecule has 3 heteroatoms. The molecule has 1 fully saturated rings. The normalized spacial score (nSPS) is 29.2. The van der Waals surface area contributed by atoms with Crippen LogP contribution in [0.1, 0.15) is 39.2 Å². The van der Waals surface area contributed by atoms with Gasteiger partial charge in [0, 0.05) is 16.6 Å². The van der Waals surface area contributed by atoms with Crippen LogP contribution in [0.5, 0.6) is 0 Å². The summed E-state index contributed by atoms with van der Waals surface area (Å²) in [6, 6.07) is 9.70. The van der Waals surface area contributed by atoms with Crippen molar-refractivity contribution in [2.24, 2.45) is 0 Å². The topological polar surface area (TPSA) is 21.3 Å². The lowest BCUT2D eigenvalue weighted by molar-refractivity contribution is -0.0432.